The van der Waals surface area contributed by atoms with E-state index in [1.807, 2.05) is 6.92 Å². The van der Waals surface area contributed by atoms with Gasteiger partial charge in [-0.2, -0.15) is 0 Å². The normalized spacial score (nSPS) is 8.17. The third-order valence-corrected chi connectivity index (χ3v) is 1.06. The van der Waals surface area contributed by atoms with Crippen LogP contribution in [0, 0.1) is 12.0 Å². The molecule has 4 nitrogen and oxygen atoms in total. The van der Waals surface area contributed by atoms with Crippen LogP contribution in [0.1, 0.15) is 20.3 Å². The highest BCUT2D eigenvalue weighted by molar-refractivity contribution is 5.81. The zero-order valence-corrected chi connectivity index (χ0v) is 7.13. The number of amides is 1. The summed E-state index contributed by atoms with van der Waals surface area (Å²) >= 11 is 0. The smallest absolute Gasteiger partial charge is 0.324 e. The molecule has 0 aromatic carbocycles. The first-order chi connectivity index (χ1) is 5.57. The van der Waals surface area contributed by atoms with Crippen LogP contribution >= 0.6 is 0 Å². The molecule has 1 amide bonds. The average Bonchev–Trinajstić information content (AvgIpc) is 1.96. The van der Waals surface area contributed by atoms with Gasteiger partial charge in [0.25, 0.3) is 0 Å². The maximum Gasteiger partial charge on any atom is 0.324 e. The van der Waals surface area contributed by atoms with Crippen molar-refractivity contribution in [1.29, 1.82) is 0 Å². The quantitative estimate of drug-likeness (QED) is 0.477. The number of carboxylic acids is 1. The van der Waals surface area contributed by atoms with Gasteiger partial charge in [-0.25, -0.2) is 0 Å². The van der Waals surface area contributed by atoms with Gasteiger partial charge in [-0.3, -0.25) is 14.5 Å². The zero-order valence-electron chi connectivity index (χ0n) is 7.13. The van der Waals surface area contributed by atoms with Crippen molar-refractivity contribution in [3.05, 3.63) is 0 Å². The summed E-state index contributed by atoms with van der Waals surface area (Å²) in [6.45, 7) is 2.75. The van der Waals surface area contributed by atoms with Crippen LogP contribution < -0.4 is 0 Å². The lowest BCUT2D eigenvalue weighted by Gasteiger charge is -2.08. The summed E-state index contributed by atoms with van der Waals surface area (Å²) in [6.07, 6.45) is 0.601. The number of rotatable bonds is 2. The molecular formula is C8H11NO3. The van der Waals surface area contributed by atoms with Gasteiger partial charge in [-0.05, 0) is 0 Å². The van der Waals surface area contributed by atoms with Gasteiger partial charge in [0.05, 0.1) is 0 Å². The van der Waals surface area contributed by atoms with E-state index in [0.717, 1.165) is 4.90 Å². The fourth-order valence-corrected chi connectivity index (χ4v) is 0.539. The first-order valence-corrected chi connectivity index (χ1v) is 3.56. The number of carboxylic acid groups (broad SMARTS) is 1. The van der Waals surface area contributed by atoms with E-state index >= 15 is 0 Å². The molecule has 1 N–H and O–H groups in total. The molecule has 0 aliphatic rings. The molecule has 0 spiro atoms. The second-order valence-corrected chi connectivity index (χ2v) is 2.14. The number of hydrogen-bond acceptors (Lipinski definition) is 2. The van der Waals surface area contributed by atoms with Crippen molar-refractivity contribution in [2.24, 2.45) is 0 Å². The molecule has 0 unspecified atom stereocenters. The summed E-state index contributed by atoms with van der Waals surface area (Å²) in [5.41, 5.74) is 0. The molecule has 0 atom stereocenters. The molecule has 0 rings (SSSR count). The Morgan fingerprint density at radius 3 is 2.42 bits per heavy atom. The highest BCUT2D eigenvalue weighted by Crippen LogP contribution is 1.86. The Labute approximate surface area is 71.2 Å². The Kier molecular flexibility index (Phi) is 4.54. The van der Waals surface area contributed by atoms with Gasteiger partial charge in [0.15, 0.2) is 0 Å². The van der Waals surface area contributed by atoms with Crippen LogP contribution in [0.15, 0.2) is 0 Å². The number of hydrogen-bond donors (Lipinski definition) is 1. The molecule has 66 valence electrons. The van der Waals surface area contributed by atoms with Crippen molar-refractivity contribution >= 4 is 11.9 Å². The highest BCUT2D eigenvalue weighted by atomic mass is 16.4. The lowest BCUT2D eigenvalue weighted by atomic mass is 10.4. The van der Waals surface area contributed by atoms with E-state index in [1.54, 1.807) is 0 Å². The van der Waals surface area contributed by atoms with Gasteiger partial charge < -0.3 is 5.11 Å². The third-order valence-electron chi connectivity index (χ3n) is 1.06. The predicted octanol–water partition coefficient (Wildman–Crippen LogP) is 0.290. The van der Waals surface area contributed by atoms with E-state index in [-0.39, 0.29) is 12.5 Å². The Morgan fingerprint density at radius 1 is 1.50 bits per heavy atom. The van der Waals surface area contributed by atoms with E-state index in [2.05, 4.69) is 12.0 Å². The predicted molar refractivity (Wildman–Crippen MR) is 43.1 cm³/mol. The zero-order chi connectivity index (χ0) is 9.56. The van der Waals surface area contributed by atoms with Crippen LogP contribution in [0.3, 0.4) is 0 Å². The highest BCUT2D eigenvalue weighted by Gasteiger charge is 2.08. The Bertz CT molecular complexity index is 236. The molecule has 0 fully saturated rings. The van der Waals surface area contributed by atoms with Gasteiger partial charge in [0.1, 0.15) is 6.54 Å². The van der Waals surface area contributed by atoms with Crippen LogP contribution in [-0.4, -0.2) is 28.4 Å². The Morgan fingerprint density at radius 2 is 2.08 bits per heavy atom. The summed E-state index contributed by atoms with van der Waals surface area (Å²) in [5.74, 6) is 1.22. The van der Waals surface area contributed by atoms with Gasteiger partial charge in [-0.15, -0.1) is 0 Å². The largest absolute Gasteiger partial charge is 0.480 e. The van der Waals surface area contributed by atoms with Crippen molar-refractivity contribution in [2.75, 3.05) is 6.54 Å². The monoisotopic (exact) mass is 169 g/mol. The van der Waals surface area contributed by atoms with Gasteiger partial charge in [0, 0.05) is 19.4 Å². The van der Waals surface area contributed by atoms with E-state index in [0.29, 0.717) is 6.42 Å². The van der Waals surface area contributed by atoms with Crippen molar-refractivity contribution in [3.8, 4) is 12.0 Å². The third kappa shape index (κ3) is 4.34. The van der Waals surface area contributed by atoms with Gasteiger partial charge in [-0.1, -0.05) is 12.8 Å². The molecule has 12 heavy (non-hydrogen) atoms. The lowest BCUT2D eigenvalue weighted by molar-refractivity contribution is -0.141. The molecular weight excluding hydrogens is 158 g/mol. The van der Waals surface area contributed by atoms with Crippen LogP contribution in [0.5, 0.6) is 0 Å². The first kappa shape index (κ1) is 10.5. The fourth-order valence-electron chi connectivity index (χ4n) is 0.539. The minimum Gasteiger partial charge on any atom is -0.480 e. The molecule has 0 aliphatic carbocycles. The van der Waals surface area contributed by atoms with Crippen LogP contribution in [0.2, 0.25) is 0 Å². The summed E-state index contributed by atoms with van der Waals surface area (Å²) in [4.78, 5) is 21.9. The summed E-state index contributed by atoms with van der Waals surface area (Å²) in [6, 6.07) is 2.45. The van der Waals surface area contributed by atoms with Crippen molar-refractivity contribution in [1.82, 2.24) is 4.90 Å². The molecule has 4 heteroatoms. The van der Waals surface area contributed by atoms with Crippen molar-refractivity contribution in [2.45, 2.75) is 20.3 Å². The molecule has 0 aromatic rings. The molecule has 0 aromatic heterocycles. The maximum atomic E-state index is 10.7. The molecule has 0 bridgehead atoms. The van der Waals surface area contributed by atoms with E-state index in [4.69, 9.17) is 5.11 Å². The topological polar surface area (TPSA) is 57.6 Å². The molecule has 0 saturated heterocycles. The van der Waals surface area contributed by atoms with Crippen LogP contribution in [-0.2, 0) is 9.59 Å². The lowest BCUT2D eigenvalue weighted by Crippen LogP contribution is -2.29. The molecule has 0 saturated carbocycles. The minimum absolute atomic E-state index is 0.349. The summed E-state index contributed by atoms with van der Waals surface area (Å²) in [7, 11) is 0. The van der Waals surface area contributed by atoms with Crippen molar-refractivity contribution in [3.63, 3.8) is 0 Å². The number of carbonyl (C=O) groups is 2. The molecule has 0 aliphatic heterocycles. The standard InChI is InChI=1S/C8H11NO3/c1-3-4-5-9(7(2)10)6-8(11)12/h3,6H2,1-2H3,(H,11,12). The Balaban J connectivity index is 4.24. The average molecular weight is 169 g/mol. The SMILES string of the molecule is CCC#CN(CC(=O)O)C(C)=O. The Hall–Kier alpha value is -1.50. The number of carbonyl (C=O) groups excluding carboxylic acids is 1. The number of aliphatic carboxylic acids is 1. The van der Waals surface area contributed by atoms with Crippen LogP contribution in [0.4, 0.5) is 0 Å². The minimum atomic E-state index is -1.06. The van der Waals surface area contributed by atoms with Gasteiger partial charge >= 0.3 is 5.97 Å². The van der Waals surface area contributed by atoms with E-state index < -0.39 is 5.97 Å². The van der Waals surface area contributed by atoms with E-state index in [9.17, 15) is 9.59 Å². The number of nitrogens with zero attached hydrogens (tertiary/aromatic N) is 1. The molecule has 0 heterocycles. The summed E-state index contributed by atoms with van der Waals surface area (Å²) in [5, 5.41) is 8.37. The first-order valence-electron chi connectivity index (χ1n) is 3.56. The van der Waals surface area contributed by atoms with Crippen molar-refractivity contribution < 1.29 is 14.7 Å². The van der Waals surface area contributed by atoms with Gasteiger partial charge in [0.2, 0.25) is 5.91 Å². The second kappa shape index (κ2) is 5.19. The summed E-state index contributed by atoms with van der Waals surface area (Å²) < 4.78 is 0. The van der Waals surface area contributed by atoms with E-state index in [1.165, 1.54) is 6.92 Å². The fraction of sp³-hybridized carbons (Fsp3) is 0.500. The second-order valence-electron chi connectivity index (χ2n) is 2.14. The molecule has 0 radical (unpaired) electrons. The maximum absolute atomic E-state index is 10.7. The van der Waals surface area contributed by atoms with Crippen LogP contribution in [0.25, 0.3) is 0 Å².